The minimum Gasteiger partial charge on any atom is -0.478 e. The first-order valence-corrected chi connectivity index (χ1v) is 8.54. The third-order valence-electron chi connectivity index (χ3n) is 4.77. The van der Waals surface area contributed by atoms with Gasteiger partial charge in [0.2, 0.25) is 0 Å². The fraction of sp³-hybridized carbons (Fsp3) is 0.238. The Balaban J connectivity index is 2.29. The second kappa shape index (κ2) is 6.67. The van der Waals surface area contributed by atoms with Gasteiger partial charge in [-0.05, 0) is 38.1 Å². The third-order valence-corrected chi connectivity index (χ3v) is 4.77. The smallest absolute Gasteiger partial charge is 0.336 e. The van der Waals surface area contributed by atoms with E-state index in [9.17, 15) is 14.7 Å². The largest absolute Gasteiger partial charge is 0.478 e. The number of carboxylic acid groups (broad SMARTS) is 1. The average Bonchev–Trinajstić information content (AvgIpc) is 2.91. The first-order chi connectivity index (χ1) is 12.4. The van der Waals surface area contributed by atoms with Crippen molar-refractivity contribution in [3.63, 3.8) is 0 Å². The maximum atomic E-state index is 13.4. The Morgan fingerprint density at radius 2 is 1.77 bits per heavy atom. The van der Waals surface area contributed by atoms with Gasteiger partial charge in [-0.3, -0.25) is 4.79 Å². The molecule has 1 N–H and O–H groups in total. The van der Waals surface area contributed by atoms with E-state index < -0.39 is 5.97 Å². The van der Waals surface area contributed by atoms with Crippen molar-refractivity contribution in [2.75, 3.05) is 19.0 Å². The van der Waals surface area contributed by atoms with Crippen molar-refractivity contribution in [1.29, 1.82) is 0 Å². The molecule has 3 aromatic rings. The maximum Gasteiger partial charge on any atom is 0.336 e. The van der Waals surface area contributed by atoms with Gasteiger partial charge in [0.15, 0.2) is 5.78 Å². The van der Waals surface area contributed by atoms with Crippen LogP contribution in [0.1, 0.15) is 38.9 Å². The van der Waals surface area contributed by atoms with Gasteiger partial charge < -0.3 is 14.6 Å². The molecule has 0 amide bonds. The number of carbonyl (C=O) groups is 2. The van der Waals surface area contributed by atoms with Crippen molar-refractivity contribution in [3.8, 4) is 0 Å². The molecule has 0 radical (unpaired) electrons. The Labute approximate surface area is 152 Å². The van der Waals surface area contributed by atoms with Crippen LogP contribution in [0.3, 0.4) is 0 Å². The molecule has 0 spiro atoms. The van der Waals surface area contributed by atoms with Crippen molar-refractivity contribution in [2.24, 2.45) is 0 Å². The topological polar surface area (TPSA) is 62.5 Å². The summed E-state index contributed by atoms with van der Waals surface area (Å²) in [5.41, 5.74) is 3.43. The van der Waals surface area contributed by atoms with Crippen LogP contribution < -0.4 is 4.90 Å². The fourth-order valence-corrected chi connectivity index (χ4v) is 3.44. The van der Waals surface area contributed by atoms with Crippen LogP contribution in [0.15, 0.2) is 42.5 Å². The number of benzene rings is 2. The van der Waals surface area contributed by atoms with Crippen molar-refractivity contribution in [1.82, 2.24) is 4.57 Å². The van der Waals surface area contributed by atoms with Crippen LogP contribution in [0, 0.1) is 6.92 Å². The minimum atomic E-state index is -1.10. The summed E-state index contributed by atoms with van der Waals surface area (Å²) in [6.45, 7) is 4.68. The van der Waals surface area contributed by atoms with E-state index in [4.69, 9.17) is 0 Å². The number of ketones is 1. The Morgan fingerprint density at radius 1 is 1.08 bits per heavy atom. The summed E-state index contributed by atoms with van der Waals surface area (Å²) in [5, 5.41) is 10.4. The Morgan fingerprint density at radius 3 is 2.38 bits per heavy atom. The van der Waals surface area contributed by atoms with Crippen LogP contribution >= 0.6 is 0 Å². The molecule has 0 bridgehead atoms. The summed E-state index contributed by atoms with van der Waals surface area (Å²) in [5.74, 6) is -1.36. The Kier molecular flexibility index (Phi) is 4.55. The van der Waals surface area contributed by atoms with Gasteiger partial charge >= 0.3 is 5.97 Å². The highest BCUT2D eigenvalue weighted by molar-refractivity contribution is 6.20. The van der Waals surface area contributed by atoms with Gasteiger partial charge in [-0.15, -0.1) is 0 Å². The van der Waals surface area contributed by atoms with Gasteiger partial charge in [-0.2, -0.15) is 0 Å². The van der Waals surface area contributed by atoms with Gasteiger partial charge in [-0.1, -0.05) is 18.2 Å². The van der Waals surface area contributed by atoms with E-state index in [0.717, 1.165) is 28.8 Å². The highest BCUT2D eigenvalue weighted by Crippen LogP contribution is 2.30. The van der Waals surface area contributed by atoms with Gasteiger partial charge in [-0.25, -0.2) is 4.79 Å². The van der Waals surface area contributed by atoms with Gasteiger partial charge in [0, 0.05) is 48.5 Å². The van der Waals surface area contributed by atoms with E-state index in [1.807, 2.05) is 57.1 Å². The number of para-hydroxylation sites is 1. The van der Waals surface area contributed by atoms with Gasteiger partial charge in [0.1, 0.15) is 0 Å². The molecule has 2 aromatic carbocycles. The number of carboxylic acids is 1. The SMILES string of the molecule is CCn1c(C)c(C(=O)c2cc(N(C)C)ccc2C(=O)O)c2ccccc21. The molecule has 134 valence electrons. The summed E-state index contributed by atoms with van der Waals surface area (Å²) in [6, 6.07) is 12.6. The Bertz CT molecular complexity index is 1020. The summed E-state index contributed by atoms with van der Waals surface area (Å²) in [7, 11) is 3.72. The first kappa shape index (κ1) is 17.7. The van der Waals surface area contributed by atoms with E-state index in [-0.39, 0.29) is 16.9 Å². The maximum absolute atomic E-state index is 13.4. The standard InChI is InChI=1S/C21H22N2O3/c1-5-23-13(2)19(16-8-6-7-9-18(16)23)20(24)17-12-14(22(3)4)10-11-15(17)21(25)26/h6-12H,5H2,1-4H3,(H,25,26). The quantitative estimate of drug-likeness (QED) is 0.708. The zero-order valence-electron chi connectivity index (χ0n) is 15.4. The normalized spacial score (nSPS) is 10.9. The van der Waals surface area contributed by atoms with Crippen molar-refractivity contribution < 1.29 is 14.7 Å². The number of fused-ring (bicyclic) bond motifs is 1. The number of hydrogen-bond donors (Lipinski definition) is 1. The summed E-state index contributed by atoms with van der Waals surface area (Å²) >= 11 is 0. The number of aromatic carboxylic acids is 1. The molecule has 0 saturated heterocycles. The number of aromatic nitrogens is 1. The zero-order valence-corrected chi connectivity index (χ0v) is 15.4. The number of carbonyl (C=O) groups excluding carboxylic acids is 1. The monoisotopic (exact) mass is 350 g/mol. The predicted molar refractivity (Wildman–Crippen MR) is 104 cm³/mol. The molecule has 0 aliphatic rings. The van der Waals surface area contributed by atoms with Crippen LogP contribution in [0.4, 0.5) is 5.69 Å². The van der Waals surface area contributed by atoms with Crippen LogP contribution in [0.2, 0.25) is 0 Å². The van der Waals surface area contributed by atoms with E-state index in [0.29, 0.717) is 5.56 Å². The first-order valence-electron chi connectivity index (χ1n) is 8.54. The number of hydrogen-bond acceptors (Lipinski definition) is 3. The highest BCUT2D eigenvalue weighted by atomic mass is 16.4. The molecule has 0 atom stereocenters. The third kappa shape index (κ3) is 2.75. The molecule has 5 nitrogen and oxygen atoms in total. The average molecular weight is 350 g/mol. The lowest BCUT2D eigenvalue weighted by Crippen LogP contribution is -2.14. The molecule has 0 aliphatic heterocycles. The van der Waals surface area contributed by atoms with Crippen LogP contribution in [-0.4, -0.2) is 35.5 Å². The molecule has 3 rings (SSSR count). The summed E-state index contributed by atoms with van der Waals surface area (Å²) < 4.78 is 2.08. The van der Waals surface area contributed by atoms with Gasteiger partial charge in [0.05, 0.1) is 11.1 Å². The lowest BCUT2D eigenvalue weighted by molar-refractivity contribution is 0.0693. The molecular weight excluding hydrogens is 328 g/mol. The number of anilines is 1. The lowest BCUT2D eigenvalue weighted by atomic mass is 9.95. The second-order valence-electron chi connectivity index (χ2n) is 6.48. The summed E-state index contributed by atoms with van der Waals surface area (Å²) in [4.78, 5) is 26.9. The molecule has 5 heteroatoms. The highest BCUT2D eigenvalue weighted by Gasteiger charge is 2.24. The number of rotatable bonds is 5. The molecular formula is C21H22N2O3. The molecule has 0 aliphatic carbocycles. The molecule has 1 heterocycles. The number of aryl methyl sites for hydroxylation is 1. The van der Waals surface area contributed by atoms with Crippen molar-refractivity contribution >= 4 is 28.3 Å². The Hall–Kier alpha value is -3.08. The molecule has 0 unspecified atom stereocenters. The fourth-order valence-electron chi connectivity index (χ4n) is 3.44. The van der Waals surface area contributed by atoms with Crippen LogP contribution in [0.25, 0.3) is 10.9 Å². The molecule has 26 heavy (non-hydrogen) atoms. The van der Waals surface area contributed by atoms with Gasteiger partial charge in [0.25, 0.3) is 0 Å². The molecule has 0 fully saturated rings. The van der Waals surface area contributed by atoms with E-state index in [1.165, 1.54) is 6.07 Å². The van der Waals surface area contributed by atoms with Crippen molar-refractivity contribution in [3.05, 3.63) is 64.8 Å². The molecule has 1 aromatic heterocycles. The summed E-state index contributed by atoms with van der Waals surface area (Å²) in [6.07, 6.45) is 0. The van der Waals surface area contributed by atoms with E-state index >= 15 is 0 Å². The van der Waals surface area contributed by atoms with Crippen molar-refractivity contribution in [2.45, 2.75) is 20.4 Å². The second-order valence-corrected chi connectivity index (χ2v) is 6.48. The van der Waals surface area contributed by atoms with E-state index in [2.05, 4.69) is 4.57 Å². The number of nitrogens with zero attached hydrogens (tertiary/aromatic N) is 2. The van der Waals surface area contributed by atoms with Crippen LogP contribution in [0.5, 0.6) is 0 Å². The molecule has 0 saturated carbocycles. The predicted octanol–water partition coefficient (Wildman–Crippen LogP) is 3.96. The lowest BCUT2D eigenvalue weighted by Gasteiger charge is -2.15. The van der Waals surface area contributed by atoms with Crippen LogP contribution in [-0.2, 0) is 6.54 Å². The zero-order chi connectivity index (χ0) is 19.0. The minimum absolute atomic E-state index is 0.0216. The van der Waals surface area contributed by atoms with E-state index in [1.54, 1.807) is 12.1 Å².